The minimum Gasteiger partial charge on any atom is -0.483 e. The van der Waals surface area contributed by atoms with Crippen molar-refractivity contribution in [2.45, 2.75) is 13.3 Å². The fourth-order valence-corrected chi connectivity index (χ4v) is 4.46. The Bertz CT molecular complexity index is 1100. The van der Waals surface area contributed by atoms with Crippen LogP contribution in [0.1, 0.15) is 17.5 Å². The Morgan fingerprint density at radius 2 is 1.97 bits per heavy atom. The maximum atomic E-state index is 12.7. The minimum atomic E-state index is -1.00. The molecule has 3 rings (SSSR count). The van der Waals surface area contributed by atoms with Crippen LogP contribution in [-0.4, -0.2) is 45.3 Å². The average molecular weight is 535 g/mol. The Kier molecular flexibility index (Phi) is 8.05. The van der Waals surface area contributed by atoms with Crippen LogP contribution in [0.15, 0.2) is 51.8 Å². The predicted octanol–water partition coefficient (Wildman–Crippen LogP) is 4.45. The second kappa shape index (κ2) is 10.8. The number of thiocarbonyl (C=S) groups is 1. The molecule has 1 saturated heterocycles. The van der Waals surface area contributed by atoms with Crippen LogP contribution >= 0.6 is 39.9 Å². The fraction of sp³-hybridized carbons (Fsp3) is 0.182. The van der Waals surface area contributed by atoms with Crippen molar-refractivity contribution in [3.05, 3.63) is 63.0 Å². The number of hydrogen-bond donors (Lipinski definition) is 2. The van der Waals surface area contributed by atoms with Gasteiger partial charge < -0.3 is 15.2 Å². The Morgan fingerprint density at radius 1 is 1.25 bits per heavy atom. The van der Waals surface area contributed by atoms with Crippen molar-refractivity contribution in [3.63, 3.8) is 0 Å². The van der Waals surface area contributed by atoms with Crippen LogP contribution in [0.4, 0.5) is 5.69 Å². The van der Waals surface area contributed by atoms with Crippen LogP contribution < -0.4 is 10.1 Å². The molecule has 1 heterocycles. The Hall–Kier alpha value is -2.69. The Morgan fingerprint density at radius 3 is 2.66 bits per heavy atom. The van der Waals surface area contributed by atoms with Crippen molar-refractivity contribution in [1.82, 2.24) is 4.90 Å². The van der Waals surface area contributed by atoms with Crippen LogP contribution in [0.5, 0.6) is 5.75 Å². The highest BCUT2D eigenvalue weighted by molar-refractivity contribution is 9.10. The van der Waals surface area contributed by atoms with Gasteiger partial charge in [0.2, 0.25) is 0 Å². The Labute approximate surface area is 202 Å². The van der Waals surface area contributed by atoms with Gasteiger partial charge in [-0.05, 0) is 43.3 Å². The molecule has 1 fully saturated rings. The zero-order valence-corrected chi connectivity index (χ0v) is 20.2. The average Bonchev–Trinajstić information content (AvgIpc) is 3.00. The number of carbonyl (C=O) groups is 3. The molecular formula is C22H19BrN2O5S2. The van der Waals surface area contributed by atoms with Crippen LogP contribution in [0.2, 0.25) is 0 Å². The third kappa shape index (κ3) is 6.41. The standard InChI is InChI=1S/C22H19BrN2O5S2/c1-13-2-5-16(6-3-13)24-19(26)12-30-17-7-4-15(23)10-14(17)11-18-21(29)25(22(31)32-18)9-8-20(27)28/h2-7,10-11H,8-9,12H2,1H3,(H,24,26)(H,27,28)/b18-11-. The molecule has 166 valence electrons. The number of benzene rings is 2. The van der Waals surface area contributed by atoms with Gasteiger partial charge in [-0.1, -0.05) is 57.6 Å². The van der Waals surface area contributed by atoms with E-state index in [-0.39, 0.29) is 31.4 Å². The number of aliphatic carboxylic acids is 1. The van der Waals surface area contributed by atoms with Crippen molar-refractivity contribution >= 4 is 73.8 Å². The number of carboxylic acid groups (broad SMARTS) is 1. The predicted molar refractivity (Wildman–Crippen MR) is 132 cm³/mol. The minimum absolute atomic E-state index is 0.0123. The van der Waals surface area contributed by atoms with Crippen molar-refractivity contribution in [3.8, 4) is 5.75 Å². The summed E-state index contributed by atoms with van der Waals surface area (Å²) in [5.74, 6) is -1.26. The summed E-state index contributed by atoms with van der Waals surface area (Å²) in [5, 5.41) is 11.6. The number of aryl methyl sites for hydroxylation is 1. The molecule has 1 aliphatic rings. The first-order chi connectivity index (χ1) is 15.2. The number of hydrogen-bond acceptors (Lipinski definition) is 6. The first-order valence-corrected chi connectivity index (χ1v) is 11.5. The Balaban J connectivity index is 1.71. The molecule has 0 radical (unpaired) electrons. The lowest BCUT2D eigenvalue weighted by Gasteiger charge is -2.12. The number of amides is 2. The monoisotopic (exact) mass is 534 g/mol. The molecule has 0 spiro atoms. The third-order valence-corrected chi connectivity index (χ3v) is 6.25. The lowest BCUT2D eigenvalue weighted by molar-refractivity contribution is -0.137. The zero-order chi connectivity index (χ0) is 23.3. The number of carboxylic acids is 1. The summed E-state index contributed by atoms with van der Waals surface area (Å²) in [4.78, 5) is 37.4. The van der Waals surface area contributed by atoms with Gasteiger partial charge in [-0.2, -0.15) is 0 Å². The lowest BCUT2D eigenvalue weighted by atomic mass is 10.2. The molecule has 0 atom stereocenters. The molecule has 10 heteroatoms. The van der Waals surface area contributed by atoms with Gasteiger partial charge in [0.05, 0.1) is 11.3 Å². The van der Waals surface area contributed by atoms with Gasteiger partial charge in [0.1, 0.15) is 10.1 Å². The number of halogens is 1. The molecule has 2 aromatic rings. The number of thioether (sulfide) groups is 1. The first kappa shape index (κ1) is 24.0. The van der Waals surface area contributed by atoms with Crippen molar-refractivity contribution in [2.75, 3.05) is 18.5 Å². The van der Waals surface area contributed by atoms with E-state index >= 15 is 0 Å². The molecular weight excluding hydrogens is 516 g/mol. The van der Waals surface area contributed by atoms with E-state index in [1.807, 2.05) is 31.2 Å². The van der Waals surface area contributed by atoms with Gasteiger partial charge >= 0.3 is 5.97 Å². The quantitative estimate of drug-likeness (QED) is 0.381. The summed E-state index contributed by atoms with van der Waals surface area (Å²) >= 11 is 9.71. The molecule has 0 bridgehead atoms. The molecule has 1 aliphatic heterocycles. The molecule has 7 nitrogen and oxygen atoms in total. The summed E-state index contributed by atoms with van der Waals surface area (Å²) in [6.45, 7) is 1.76. The first-order valence-electron chi connectivity index (χ1n) is 9.49. The molecule has 32 heavy (non-hydrogen) atoms. The number of rotatable bonds is 8. The second-order valence-corrected chi connectivity index (χ2v) is 9.45. The summed E-state index contributed by atoms with van der Waals surface area (Å²) in [7, 11) is 0. The number of carbonyl (C=O) groups excluding carboxylic acids is 2. The van der Waals surface area contributed by atoms with Gasteiger partial charge in [-0.15, -0.1) is 0 Å². The summed E-state index contributed by atoms with van der Waals surface area (Å²) < 4.78 is 6.77. The second-order valence-electron chi connectivity index (χ2n) is 6.86. The molecule has 0 aliphatic carbocycles. The molecule has 0 aromatic heterocycles. The van der Waals surface area contributed by atoms with Crippen molar-refractivity contribution in [1.29, 1.82) is 0 Å². The highest BCUT2D eigenvalue weighted by atomic mass is 79.9. The van der Waals surface area contributed by atoms with E-state index in [1.54, 1.807) is 24.3 Å². The van der Waals surface area contributed by atoms with Gasteiger partial charge in [0.25, 0.3) is 11.8 Å². The molecule has 2 aromatic carbocycles. The summed E-state index contributed by atoms with van der Waals surface area (Å²) in [6, 6.07) is 12.6. The van der Waals surface area contributed by atoms with E-state index in [2.05, 4.69) is 21.2 Å². The van der Waals surface area contributed by atoms with Crippen LogP contribution in [0, 0.1) is 6.92 Å². The maximum absolute atomic E-state index is 12.7. The van der Waals surface area contributed by atoms with E-state index in [0.29, 0.717) is 26.2 Å². The van der Waals surface area contributed by atoms with Gasteiger partial charge in [-0.25, -0.2) is 0 Å². The smallest absolute Gasteiger partial charge is 0.305 e. The lowest BCUT2D eigenvalue weighted by Crippen LogP contribution is -2.30. The number of anilines is 1. The molecule has 2 N–H and O–H groups in total. The van der Waals surface area contributed by atoms with E-state index in [9.17, 15) is 14.4 Å². The highest BCUT2D eigenvalue weighted by Gasteiger charge is 2.32. The summed E-state index contributed by atoms with van der Waals surface area (Å²) in [6.07, 6.45) is 1.43. The van der Waals surface area contributed by atoms with E-state index in [0.717, 1.165) is 21.8 Å². The van der Waals surface area contributed by atoms with Crippen LogP contribution in [0.25, 0.3) is 6.08 Å². The molecule has 0 saturated carbocycles. The maximum Gasteiger partial charge on any atom is 0.305 e. The number of ether oxygens (including phenoxy) is 1. The van der Waals surface area contributed by atoms with Crippen molar-refractivity contribution in [2.24, 2.45) is 0 Å². The van der Waals surface area contributed by atoms with Crippen LogP contribution in [0.3, 0.4) is 0 Å². The van der Waals surface area contributed by atoms with E-state index < -0.39 is 5.97 Å². The van der Waals surface area contributed by atoms with Gasteiger partial charge in [-0.3, -0.25) is 19.3 Å². The SMILES string of the molecule is Cc1ccc(NC(=O)COc2ccc(Br)cc2/C=C2\SC(=S)N(CCC(=O)O)C2=O)cc1. The highest BCUT2D eigenvalue weighted by Crippen LogP contribution is 2.35. The summed E-state index contributed by atoms with van der Waals surface area (Å²) in [5.41, 5.74) is 2.35. The largest absolute Gasteiger partial charge is 0.483 e. The van der Waals surface area contributed by atoms with Gasteiger partial charge in [0.15, 0.2) is 6.61 Å². The number of nitrogens with one attached hydrogen (secondary N) is 1. The van der Waals surface area contributed by atoms with E-state index in [4.69, 9.17) is 22.1 Å². The van der Waals surface area contributed by atoms with Gasteiger partial charge in [0, 0.05) is 22.3 Å². The molecule has 0 unspecified atom stereocenters. The van der Waals surface area contributed by atoms with Crippen LogP contribution in [-0.2, 0) is 14.4 Å². The fourth-order valence-electron chi connectivity index (χ4n) is 2.78. The number of nitrogens with zero attached hydrogens (tertiary/aromatic N) is 1. The van der Waals surface area contributed by atoms with E-state index in [1.165, 1.54) is 4.90 Å². The third-order valence-electron chi connectivity index (χ3n) is 4.38. The zero-order valence-electron chi connectivity index (χ0n) is 17.0. The topological polar surface area (TPSA) is 95.9 Å². The van der Waals surface area contributed by atoms with Crippen molar-refractivity contribution < 1.29 is 24.2 Å². The normalized spacial score (nSPS) is 14.7. The molecule has 2 amide bonds.